The van der Waals surface area contributed by atoms with Gasteiger partial charge in [0.25, 0.3) is 6.71 Å². The molecule has 238 valence electrons. The van der Waals surface area contributed by atoms with Crippen LogP contribution in [0.4, 0.5) is 0 Å². The second-order valence-corrected chi connectivity index (χ2v) is 14.4. The Bertz CT molecular complexity index is 3360. The topological polar surface area (TPSA) is 14.8 Å². The summed E-state index contributed by atoms with van der Waals surface area (Å²) in [4.78, 5) is 0. The maximum absolute atomic E-state index is 2.56. The molecule has 2 aliphatic rings. The highest BCUT2D eigenvalue weighted by Crippen LogP contribution is 2.43. The Morgan fingerprint density at radius 1 is 0.365 bits per heavy atom. The van der Waals surface area contributed by atoms with Gasteiger partial charge in [-0.15, -0.1) is 0 Å². The van der Waals surface area contributed by atoms with Crippen LogP contribution < -0.4 is 16.4 Å². The average molecular weight is 658 g/mol. The Hall–Kier alpha value is -6.78. The van der Waals surface area contributed by atoms with E-state index in [4.69, 9.17) is 0 Å². The third-order valence-electron chi connectivity index (χ3n) is 12.0. The van der Waals surface area contributed by atoms with Gasteiger partial charge in [0.1, 0.15) is 0 Å². The molecule has 0 N–H and O–H groups in total. The van der Waals surface area contributed by atoms with Crippen molar-refractivity contribution in [2.75, 3.05) is 0 Å². The third kappa shape index (κ3) is 3.16. The summed E-state index contributed by atoms with van der Waals surface area (Å²) in [6.07, 6.45) is 0. The summed E-state index contributed by atoms with van der Waals surface area (Å²) >= 11 is 0. The second-order valence-electron chi connectivity index (χ2n) is 14.4. The van der Waals surface area contributed by atoms with Crippen LogP contribution in [-0.4, -0.2) is 20.4 Å². The first-order valence-electron chi connectivity index (χ1n) is 18.2. The summed E-state index contributed by atoms with van der Waals surface area (Å²) in [5, 5.41) is 7.79. The van der Waals surface area contributed by atoms with E-state index in [-0.39, 0.29) is 6.71 Å². The molecule has 0 saturated heterocycles. The van der Waals surface area contributed by atoms with E-state index in [0.717, 1.165) is 0 Å². The molecule has 0 amide bonds. The van der Waals surface area contributed by atoms with Gasteiger partial charge in [0, 0.05) is 60.4 Å². The van der Waals surface area contributed by atoms with Gasteiger partial charge < -0.3 is 13.7 Å². The van der Waals surface area contributed by atoms with Crippen molar-refractivity contribution in [3.63, 3.8) is 0 Å². The van der Waals surface area contributed by atoms with E-state index in [2.05, 4.69) is 184 Å². The lowest BCUT2D eigenvalue weighted by atomic mass is 9.34. The molecule has 0 saturated carbocycles. The summed E-state index contributed by atoms with van der Waals surface area (Å²) < 4.78 is 7.51. The highest BCUT2D eigenvalue weighted by molar-refractivity contribution is 7.00. The number of nitrogens with zero attached hydrogens (tertiary/aromatic N) is 3. The zero-order chi connectivity index (χ0) is 33.7. The molecule has 3 nitrogen and oxygen atoms in total. The first-order chi connectivity index (χ1) is 25.8. The van der Waals surface area contributed by atoms with Gasteiger partial charge in [-0.25, -0.2) is 0 Å². The van der Waals surface area contributed by atoms with Crippen molar-refractivity contribution in [3.05, 3.63) is 170 Å². The van der Waals surface area contributed by atoms with Gasteiger partial charge in [0.2, 0.25) is 0 Å². The van der Waals surface area contributed by atoms with Crippen LogP contribution in [0.1, 0.15) is 0 Å². The number of aromatic nitrogens is 3. The molecule has 0 fully saturated rings. The largest absolute Gasteiger partial charge is 0.310 e. The quantitative estimate of drug-likeness (QED) is 0.165. The number of para-hydroxylation sites is 5. The predicted molar refractivity (Wildman–Crippen MR) is 220 cm³/mol. The number of benzene rings is 8. The molecular formula is C48H28BN3. The van der Waals surface area contributed by atoms with E-state index in [0.29, 0.717) is 0 Å². The first kappa shape index (κ1) is 27.0. The van der Waals surface area contributed by atoms with Crippen LogP contribution in [0.2, 0.25) is 0 Å². The predicted octanol–water partition coefficient (Wildman–Crippen LogP) is 9.79. The maximum Gasteiger partial charge on any atom is 0.252 e. The second kappa shape index (κ2) is 9.51. The summed E-state index contributed by atoms with van der Waals surface area (Å²) in [6, 6.07) is 63.2. The zero-order valence-corrected chi connectivity index (χ0v) is 28.1. The van der Waals surface area contributed by atoms with Gasteiger partial charge in [-0.2, -0.15) is 0 Å². The first-order valence-corrected chi connectivity index (χ1v) is 18.2. The van der Waals surface area contributed by atoms with Crippen LogP contribution in [-0.2, 0) is 0 Å². The minimum atomic E-state index is 0.147. The molecule has 0 aliphatic carbocycles. The molecule has 11 aromatic rings. The Morgan fingerprint density at radius 3 is 1.71 bits per heavy atom. The van der Waals surface area contributed by atoms with Gasteiger partial charge >= 0.3 is 0 Å². The van der Waals surface area contributed by atoms with Crippen molar-refractivity contribution in [3.8, 4) is 28.2 Å². The van der Waals surface area contributed by atoms with Gasteiger partial charge in [-0.3, -0.25) is 0 Å². The molecule has 2 aliphatic heterocycles. The van der Waals surface area contributed by atoms with Gasteiger partial charge in [-0.1, -0.05) is 121 Å². The Kier molecular flexibility index (Phi) is 4.94. The molecule has 0 radical (unpaired) electrons. The molecule has 13 rings (SSSR count). The van der Waals surface area contributed by atoms with Crippen LogP contribution in [0.25, 0.3) is 93.6 Å². The van der Waals surface area contributed by atoms with Crippen LogP contribution in [0.15, 0.2) is 170 Å². The molecule has 4 heteroatoms. The fourth-order valence-corrected chi connectivity index (χ4v) is 10.1. The van der Waals surface area contributed by atoms with E-state index in [1.54, 1.807) is 0 Å². The van der Waals surface area contributed by atoms with Crippen molar-refractivity contribution < 1.29 is 0 Å². The zero-order valence-electron chi connectivity index (χ0n) is 28.1. The Balaban J connectivity index is 1.13. The average Bonchev–Trinajstić information content (AvgIpc) is 3.85. The van der Waals surface area contributed by atoms with Crippen LogP contribution >= 0.6 is 0 Å². The smallest absolute Gasteiger partial charge is 0.252 e. The minimum absolute atomic E-state index is 0.147. The van der Waals surface area contributed by atoms with Crippen molar-refractivity contribution in [1.29, 1.82) is 0 Å². The normalized spacial score (nSPS) is 13.0. The summed E-state index contributed by atoms with van der Waals surface area (Å²) in [7, 11) is 0. The highest BCUT2D eigenvalue weighted by atomic mass is 15.0. The van der Waals surface area contributed by atoms with E-state index in [9.17, 15) is 0 Å². The molecule has 52 heavy (non-hydrogen) atoms. The number of rotatable bonds is 2. The monoisotopic (exact) mass is 657 g/mol. The van der Waals surface area contributed by atoms with Gasteiger partial charge in [0.05, 0.1) is 22.1 Å². The minimum Gasteiger partial charge on any atom is -0.310 e. The number of fused-ring (bicyclic) bond motifs is 13. The molecule has 0 unspecified atom stereocenters. The summed E-state index contributed by atoms with van der Waals surface area (Å²) in [6.45, 7) is 0.147. The van der Waals surface area contributed by atoms with E-state index < -0.39 is 0 Å². The molecule has 5 heterocycles. The van der Waals surface area contributed by atoms with Gasteiger partial charge in [-0.05, 0) is 76.0 Å². The Morgan fingerprint density at radius 2 is 0.923 bits per heavy atom. The van der Waals surface area contributed by atoms with E-state index in [1.165, 1.54) is 110 Å². The lowest BCUT2D eigenvalue weighted by molar-refractivity contribution is 1.14. The summed E-state index contributed by atoms with van der Waals surface area (Å²) in [5.41, 5.74) is 18.0. The molecule has 0 spiro atoms. The maximum atomic E-state index is 2.56. The van der Waals surface area contributed by atoms with Crippen molar-refractivity contribution in [1.82, 2.24) is 13.7 Å². The summed E-state index contributed by atoms with van der Waals surface area (Å²) in [5.74, 6) is 0. The highest BCUT2D eigenvalue weighted by Gasteiger charge is 2.40. The lowest BCUT2D eigenvalue weighted by Crippen LogP contribution is -2.59. The molecule has 3 aromatic heterocycles. The van der Waals surface area contributed by atoms with Crippen LogP contribution in [0, 0.1) is 0 Å². The van der Waals surface area contributed by atoms with E-state index >= 15 is 0 Å². The van der Waals surface area contributed by atoms with Crippen LogP contribution in [0.5, 0.6) is 0 Å². The van der Waals surface area contributed by atoms with Gasteiger partial charge in [0.15, 0.2) is 0 Å². The molecular weight excluding hydrogens is 629 g/mol. The number of hydrogen-bond donors (Lipinski definition) is 0. The van der Waals surface area contributed by atoms with Crippen molar-refractivity contribution >= 4 is 88.5 Å². The van der Waals surface area contributed by atoms with E-state index in [1.807, 2.05) is 0 Å². The van der Waals surface area contributed by atoms with Crippen molar-refractivity contribution in [2.24, 2.45) is 0 Å². The standard InChI is InChI=1S/C48H28BN3/c1-2-12-30(13-3-1)50-39-21-6-4-14-32(39)34-27-26-29(28-44(34)50)31-16-10-23-41-45(31)36-18-9-20-38-48(36)52(41)43-25-11-24-42-46(43)49(38)37-19-8-17-35-33-15-5-7-22-40(33)51(42)47(35)37/h1-28H. The fourth-order valence-electron chi connectivity index (χ4n) is 10.1. The third-order valence-corrected chi connectivity index (χ3v) is 12.0. The SMILES string of the molecule is c1ccc(-n2c3ccccc3c3ccc(-c4cccc5c4c4cccc6c4n5-c4cccc5c4B6c4cccc6c7ccccc7n-5c46)cc32)cc1. The lowest BCUT2D eigenvalue weighted by Gasteiger charge is -2.33. The fraction of sp³-hybridized carbons (Fsp3) is 0. The Labute approximate surface area is 299 Å². The molecule has 0 atom stereocenters. The van der Waals surface area contributed by atoms with Crippen LogP contribution in [0.3, 0.4) is 0 Å². The number of hydrogen-bond acceptors (Lipinski definition) is 0. The molecule has 0 bridgehead atoms. The van der Waals surface area contributed by atoms with Crippen molar-refractivity contribution in [2.45, 2.75) is 0 Å². The molecule has 8 aromatic carbocycles.